The predicted octanol–water partition coefficient (Wildman–Crippen LogP) is -0.673. The van der Waals surface area contributed by atoms with Crippen LogP contribution in [0, 0.1) is 12.1 Å². The Hall–Kier alpha value is -1.32. The highest BCUT2D eigenvalue weighted by molar-refractivity contribution is 4.88. The monoisotopic (exact) mass is 140 g/mol. The van der Waals surface area contributed by atoms with Gasteiger partial charge in [0, 0.05) is 6.07 Å². The van der Waals surface area contributed by atoms with E-state index in [1.54, 1.807) is 19.2 Å². The lowest BCUT2D eigenvalue weighted by molar-refractivity contribution is -0.633. The highest BCUT2D eigenvalue weighted by Gasteiger charge is 2.01. The maximum absolute atomic E-state index is 10.8. The largest absolute Gasteiger partial charge is 0.708 e. The van der Waals surface area contributed by atoms with Crippen LogP contribution in [0.2, 0.25) is 0 Å². The van der Waals surface area contributed by atoms with Crippen molar-refractivity contribution in [1.82, 2.24) is 4.57 Å². The van der Waals surface area contributed by atoms with Gasteiger partial charge in [-0.1, -0.05) is 0 Å². The molecule has 0 atom stereocenters. The van der Waals surface area contributed by atoms with Crippen molar-refractivity contribution < 1.29 is 4.73 Å². The molecule has 0 N–H and O–H groups in total. The molecule has 0 aromatic carbocycles. The molecule has 1 aromatic heterocycles. The van der Waals surface area contributed by atoms with Crippen molar-refractivity contribution in [3.05, 3.63) is 33.6 Å². The molecule has 0 aliphatic heterocycles. The third kappa shape index (κ3) is 0.877. The van der Waals surface area contributed by atoms with Crippen LogP contribution in [-0.4, -0.2) is 4.57 Å². The molecular weight excluding hydrogens is 132 g/mol. The average molecular weight is 140 g/mol. The van der Waals surface area contributed by atoms with E-state index in [1.165, 1.54) is 11.6 Å². The van der Waals surface area contributed by atoms with Crippen LogP contribution in [0.3, 0.4) is 0 Å². The fourth-order valence-corrected chi connectivity index (χ4v) is 0.645. The zero-order chi connectivity index (χ0) is 7.72. The van der Waals surface area contributed by atoms with E-state index in [1.807, 2.05) is 0 Å². The standard InChI is InChI=1S/C6H8N2O2/c1-5-3-4-7(2)6(9)8(5)10/h3-4H,1-2H3. The normalized spacial score (nSPS) is 9.80. The van der Waals surface area contributed by atoms with Gasteiger partial charge in [-0.3, -0.25) is 0 Å². The second-order valence-corrected chi connectivity index (χ2v) is 2.14. The topological polar surface area (TPSA) is 48.9 Å². The first-order valence-electron chi connectivity index (χ1n) is 2.88. The van der Waals surface area contributed by atoms with E-state index in [0.29, 0.717) is 10.4 Å². The number of aromatic nitrogens is 2. The van der Waals surface area contributed by atoms with Crippen molar-refractivity contribution in [2.75, 3.05) is 0 Å². The molecule has 1 rings (SSSR count). The minimum absolute atomic E-state index is 0.361. The molecule has 0 aliphatic carbocycles. The van der Waals surface area contributed by atoms with Crippen molar-refractivity contribution in [3.63, 3.8) is 0 Å². The van der Waals surface area contributed by atoms with Crippen molar-refractivity contribution >= 4 is 0 Å². The SMILES string of the molecule is Cc1ccn(C)c(=O)[n+]1[O-]. The Kier molecular flexibility index (Phi) is 1.45. The van der Waals surface area contributed by atoms with Gasteiger partial charge in [0.15, 0.2) is 0 Å². The quantitative estimate of drug-likeness (QED) is 0.354. The molecule has 1 heterocycles. The Balaban J connectivity index is 3.50. The maximum atomic E-state index is 10.8. The summed E-state index contributed by atoms with van der Waals surface area (Å²) < 4.78 is 1.60. The predicted molar refractivity (Wildman–Crippen MR) is 35.4 cm³/mol. The van der Waals surface area contributed by atoms with Crippen LogP contribution in [0.25, 0.3) is 0 Å². The molecule has 0 saturated heterocycles. The third-order valence-electron chi connectivity index (χ3n) is 1.34. The van der Waals surface area contributed by atoms with Gasteiger partial charge in [-0.25, -0.2) is 4.57 Å². The minimum Gasteiger partial charge on any atom is -0.708 e. The smallest absolute Gasteiger partial charge is 0.500 e. The first-order chi connectivity index (χ1) is 4.63. The van der Waals surface area contributed by atoms with Gasteiger partial charge in [0.25, 0.3) is 0 Å². The van der Waals surface area contributed by atoms with Crippen molar-refractivity contribution in [2.45, 2.75) is 6.92 Å². The average Bonchev–Trinajstić information content (AvgIpc) is 1.93. The number of rotatable bonds is 0. The Labute approximate surface area is 57.9 Å². The molecule has 0 bridgehead atoms. The Bertz CT molecular complexity index is 303. The second-order valence-electron chi connectivity index (χ2n) is 2.14. The van der Waals surface area contributed by atoms with Crippen LogP contribution >= 0.6 is 0 Å². The summed E-state index contributed by atoms with van der Waals surface area (Å²) in [7, 11) is 1.54. The van der Waals surface area contributed by atoms with E-state index in [4.69, 9.17) is 0 Å². The van der Waals surface area contributed by atoms with Crippen LogP contribution in [0.15, 0.2) is 17.1 Å². The van der Waals surface area contributed by atoms with E-state index in [-0.39, 0.29) is 0 Å². The van der Waals surface area contributed by atoms with Gasteiger partial charge in [0.1, 0.15) is 5.69 Å². The Morgan fingerprint density at radius 1 is 1.70 bits per heavy atom. The van der Waals surface area contributed by atoms with Gasteiger partial charge in [-0.15, -0.1) is 0 Å². The second kappa shape index (κ2) is 2.13. The van der Waals surface area contributed by atoms with Crippen LogP contribution in [0.4, 0.5) is 0 Å². The molecule has 0 saturated carbocycles. The first kappa shape index (κ1) is 6.80. The molecule has 54 valence electrons. The zero-order valence-electron chi connectivity index (χ0n) is 5.87. The van der Waals surface area contributed by atoms with Crippen LogP contribution in [0.5, 0.6) is 0 Å². The summed E-state index contributed by atoms with van der Waals surface area (Å²) >= 11 is 0. The zero-order valence-corrected chi connectivity index (χ0v) is 5.87. The highest BCUT2D eigenvalue weighted by atomic mass is 16.5. The van der Waals surface area contributed by atoms with Crippen LogP contribution < -0.4 is 10.4 Å². The van der Waals surface area contributed by atoms with Crippen LogP contribution in [-0.2, 0) is 7.05 Å². The summed E-state index contributed by atoms with van der Waals surface area (Å²) in [6.07, 6.45) is 1.56. The lowest BCUT2D eigenvalue weighted by Gasteiger charge is -2.02. The summed E-state index contributed by atoms with van der Waals surface area (Å²) in [5.41, 5.74) is -0.122. The molecule has 4 heteroatoms. The van der Waals surface area contributed by atoms with E-state index < -0.39 is 5.69 Å². The lowest BCUT2D eigenvalue weighted by atomic mass is 10.5. The molecular formula is C6H8N2O2. The van der Waals surface area contributed by atoms with Gasteiger partial charge in [-0.05, 0) is 6.92 Å². The molecule has 0 unspecified atom stereocenters. The Morgan fingerprint density at radius 2 is 2.30 bits per heavy atom. The molecule has 10 heavy (non-hydrogen) atoms. The molecule has 0 spiro atoms. The fraction of sp³-hybridized carbons (Fsp3) is 0.333. The molecule has 1 aromatic rings. The van der Waals surface area contributed by atoms with Gasteiger partial charge >= 0.3 is 5.69 Å². The summed E-state index contributed by atoms with van der Waals surface area (Å²) in [5, 5.41) is 10.8. The van der Waals surface area contributed by atoms with Gasteiger partial charge < -0.3 is 5.21 Å². The number of hydrogen-bond acceptors (Lipinski definition) is 2. The van der Waals surface area contributed by atoms with Crippen molar-refractivity contribution in [2.24, 2.45) is 7.05 Å². The van der Waals surface area contributed by atoms with E-state index in [9.17, 15) is 10.0 Å². The highest BCUT2D eigenvalue weighted by Crippen LogP contribution is 1.80. The van der Waals surface area contributed by atoms with Crippen molar-refractivity contribution in [1.29, 1.82) is 0 Å². The summed E-state index contributed by atoms with van der Waals surface area (Å²) in [6.45, 7) is 1.59. The van der Waals surface area contributed by atoms with E-state index in [2.05, 4.69) is 0 Å². The summed E-state index contributed by atoms with van der Waals surface area (Å²) in [5.74, 6) is 0. The lowest BCUT2D eigenvalue weighted by Crippen LogP contribution is -2.51. The molecule has 0 fully saturated rings. The minimum atomic E-state index is -0.542. The van der Waals surface area contributed by atoms with Gasteiger partial charge in [-0.2, -0.15) is 9.52 Å². The van der Waals surface area contributed by atoms with Crippen molar-refractivity contribution in [3.8, 4) is 0 Å². The molecule has 4 nitrogen and oxygen atoms in total. The first-order valence-corrected chi connectivity index (χ1v) is 2.88. The Morgan fingerprint density at radius 3 is 2.80 bits per heavy atom. The molecule has 0 amide bonds. The van der Waals surface area contributed by atoms with Gasteiger partial charge in [0.05, 0.1) is 13.2 Å². The molecule has 0 radical (unpaired) electrons. The van der Waals surface area contributed by atoms with E-state index >= 15 is 0 Å². The maximum Gasteiger partial charge on any atom is 0.500 e. The molecule has 0 aliphatic rings. The number of aryl methyl sites for hydroxylation is 2. The van der Waals surface area contributed by atoms with E-state index in [0.717, 1.165) is 0 Å². The fourth-order valence-electron chi connectivity index (χ4n) is 0.645. The van der Waals surface area contributed by atoms with Crippen LogP contribution in [0.1, 0.15) is 5.69 Å². The van der Waals surface area contributed by atoms with Gasteiger partial charge in [0.2, 0.25) is 0 Å². The summed E-state index contributed by atoms with van der Waals surface area (Å²) in [4.78, 5) is 10.8. The number of hydrogen-bond donors (Lipinski definition) is 0. The third-order valence-corrected chi connectivity index (χ3v) is 1.34. The number of nitrogens with zero attached hydrogens (tertiary/aromatic N) is 2. The summed E-state index contributed by atoms with van der Waals surface area (Å²) in [6, 6.07) is 1.59.